The number of carbonyl (C=O) groups is 2. The summed E-state index contributed by atoms with van der Waals surface area (Å²) in [5.74, 6) is 0.670. The van der Waals surface area contributed by atoms with Gasteiger partial charge in [-0.3, -0.25) is 9.59 Å². The van der Waals surface area contributed by atoms with Crippen molar-refractivity contribution in [2.75, 3.05) is 27.0 Å². The summed E-state index contributed by atoms with van der Waals surface area (Å²) < 4.78 is 43.4. The highest BCUT2D eigenvalue weighted by molar-refractivity contribution is 7.89. The minimum atomic E-state index is -3.68. The number of hydrogen-bond acceptors (Lipinski definition) is 7. The van der Waals surface area contributed by atoms with E-state index in [0.717, 1.165) is 0 Å². The van der Waals surface area contributed by atoms with Crippen molar-refractivity contribution in [3.05, 3.63) is 48.0 Å². The lowest BCUT2D eigenvalue weighted by Gasteiger charge is -2.35. The Balaban J connectivity index is 1.46. The van der Waals surface area contributed by atoms with Crippen LogP contribution >= 0.6 is 0 Å². The van der Waals surface area contributed by atoms with Gasteiger partial charge in [0.15, 0.2) is 11.5 Å². The molecule has 2 aromatic rings. The Morgan fingerprint density at radius 2 is 1.67 bits per heavy atom. The number of amides is 2. The zero-order valence-electron chi connectivity index (χ0n) is 20.5. The van der Waals surface area contributed by atoms with Gasteiger partial charge in [-0.15, -0.1) is 0 Å². The number of benzene rings is 2. The number of nitrogens with zero attached hydrogens (tertiary/aromatic N) is 1. The van der Waals surface area contributed by atoms with E-state index in [2.05, 4.69) is 10.6 Å². The molecular weight excluding hydrogens is 486 g/mol. The number of rotatable bonds is 8. The molecule has 1 atom stereocenters. The maximum atomic E-state index is 13.1. The fourth-order valence-electron chi connectivity index (χ4n) is 4.38. The van der Waals surface area contributed by atoms with Gasteiger partial charge in [-0.05, 0) is 75.1 Å². The molecule has 0 aliphatic carbocycles. The second-order valence-electron chi connectivity index (χ2n) is 9.10. The molecule has 4 rings (SSSR count). The monoisotopic (exact) mass is 517 g/mol. The Labute approximate surface area is 211 Å². The zero-order valence-corrected chi connectivity index (χ0v) is 21.3. The molecule has 0 spiro atoms. The molecule has 194 valence electrons. The van der Waals surface area contributed by atoms with Crippen molar-refractivity contribution in [3.8, 4) is 17.2 Å². The highest BCUT2D eigenvalue weighted by Crippen LogP contribution is 2.33. The van der Waals surface area contributed by atoms with Gasteiger partial charge >= 0.3 is 0 Å². The van der Waals surface area contributed by atoms with Crippen LogP contribution in [0.4, 0.5) is 0 Å². The van der Waals surface area contributed by atoms with E-state index >= 15 is 0 Å². The van der Waals surface area contributed by atoms with Gasteiger partial charge < -0.3 is 24.8 Å². The number of ether oxygens (including phenoxy) is 3. The standard InChI is InChI=1S/C25H31N3O7S/c1-16(2)26-25(30)23(27-24(29)18-4-9-21-22(14-18)35-15-34-21)17-10-12-28(13-11-17)36(31,32)20-7-5-19(33-3)6-8-20/h4-9,14,16-17,23H,10-13,15H2,1-3H3,(H,26,30)(H,27,29)/t23-/m0/s1. The summed E-state index contributed by atoms with van der Waals surface area (Å²) in [4.78, 5) is 26.3. The SMILES string of the molecule is COc1ccc(S(=O)(=O)N2CCC([C@H](NC(=O)c3ccc4c(c3)OCO4)C(=O)NC(C)C)CC2)cc1. The number of fused-ring (bicyclic) bond motifs is 1. The van der Waals surface area contributed by atoms with Crippen LogP contribution in [0.3, 0.4) is 0 Å². The maximum absolute atomic E-state index is 13.1. The lowest BCUT2D eigenvalue weighted by Crippen LogP contribution is -2.54. The second-order valence-corrected chi connectivity index (χ2v) is 11.0. The molecule has 2 heterocycles. The van der Waals surface area contributed by atoms with E-state index in [1.807, 2.05) is 13.8 Å². The van der Waals surface area contributed by atoms with Crippen LogP contribution in [0.1, 0.15) is 37.0 Å². The Morgan fingerprint density at radius 1 is 1.00 bits per heavy atom. The first-order valence-electron chi connectivity index (χ1n) is 11.8. The second kappa shape index (κ2) is 10.8. The quantitative estimate of drug-likeness (QED) is 0.550. The summed E-state index contributed by atoms with van der Waals surface area (Å²) in [6, 6.07) is 10.2. The van der Waals surface area contributed by atoms with E-state index < -0.39 is 22.0 Å². The van der Waals surface area contributed by atoms with Gasteiger partial charge in [-0.25, -0.2) is 8.42 Å². The van der Waals surface area contributed by atoms with Gasteiger partial charge in [-0.1, -0.05) is 0 Å². The molecule has 2 aliphatic rings. The number of sulfonamides is 1. The molecule has 1 fully saturated rings. The predicted octanol–water partition coefficient (Wildman–Crippen LogP) is 2.15. The molecule has 2 aromatic carbocycles. The molecule has 0 aromatic heterocycles. The van der Waals surface area contributed by atoms with E-state index in [1.165, 1.54) is 23.5 Å². The van der Waals surface area contributed by atoms with Crippen molar-refractivity contribution in [2.45, 2.75) is 43.7 Å². The van der Waals surface area contributed by atoms with Crippen molar-refractivity contribution in [1.82, 2.24) is 14.9 Å². The third-order valence-electron chi connectivity index (χ3n) is 6.30. The summed E-state index contributed by atoms with van der Waals surface area (Å²) >= 11 is 0. The maximum Gasteiger partial charge on any atom is 0.252 e. The summed E-state index contributed by atoms with van der Waals surface area (Å²) in [6.45, 7) is 4.27. The molecule has 11 heteroatoms. The number of piperidine rings is 1. The van der Waals surface area contributed by atoms with Crippen LogP contribution in [0.2, 0.25) is 0 Å². The predicted molar refractivity (Wildman–Crippen MR) is 132 cm³/mol. The smallest absolute Gasteiger partial charge is 0.252 e. The van der Waals surface area contributed by atoms with Gasteiger partial charge in [0.2, 0.25) is 22.7 Å². The Bertz CT molecular complexity index is 1210. The molecule has 2 amide bonds. The minimum Gasteiger partial charge on any atom is -0.497 e. The van der Waals surface area contributed by atoms with E-state index in [0.29, 0.717) is 35.7 Å². The van der Waals surface area contributed by atoms with E-state index in [1.54, 1.807) is 30.3 Å². The van der Waals surface area contributed by atoms with Crippen molar-refractivity contribution >= 4 is 21.8 Å². The first-order chi connectivity index (χ1) is 17.2. The summed E-state index contributed by atoms with van der Waals surface area (Å²) in [7, 11) is -2.16. The number of hydrogen-bond donors (Lipinski definition) is 2. The average molecular weight is 518 g/mol. The van der Waals surface area contributed by atoms with Crippen molar-refractivity contribution in [2.24, 2.45) is 5.92 Å². The molecule has 36 heavy (non-hydrogen) atoms. The van der Waals surface area contributed by atoms with Crippen LogP contribution in [-0.2, 0) is 14.8 Å². The van der Waals surface area contributed by atoms with E-state index in [9.17, 15) is 18.0 Å². The fourth-order valence-corrected chi connectivity index (χ4v) is 5.85. The van der Waals surface area contributed by atoms with Crippen LogP contribution < -0.4 is 24.8 Å². The first-order valence-corrected chi connectivity index (χ1v) is 13.3. The zero-order chi connectivity index (χ0) is 25.9. The van der Waals surface area contributed by atoms with Gasteiger partial charge in [0.25, 0.3) is 5.91 Å². The Hall–Kier alpha value is -3.31. The number of carbonyl (C=O) groups excluding carboxylic acids is 2. The summed E-state index contributed by atoms with van der Waals surface area (Å²) in [5, 5.41) is 5.74. The largest absolute Gasteiger partial charge is 0.497 e. The normalized spacial score (nSPS) is 17.0. The number of methoxy groups -OCH3 is 1. The molecule has 0 saturated carbocycles. The van der Waals surface area contributed by atoms with Crippen LogP contribution in [0.5, 0.6) is 17.2 Å². The summed E-state index contributed by atoms with van der Waals surface area (Å²) in [5.41, 5.74) is 0.348. The van der Waals surface area contributed by atoms with Crippen molar-refractivity contribution in [1.29, 1.82) is 0 Å². The third-order valence-corrected chi connectivity index (χ3v) is 8.21. The third kappa shape index (κ3) is 5.57. The molecule has 1 saturated heterocycles. The van der Waals surface area contributed by atoms with Gasteiger partial charge in [0, 0.05) is 24.7 Å². The molecule has 10 nitrogen and oxygen atoms in total. The Kier molecular flexibility index (Phi) is 7.70. The van der Waals surface area contributed by atoms with Crippen molar-refractivity contribution < 1.29 is 32.2 Å². The average Bonchev–Trinajstić information content (AvgIpc) is 3.35. The van der Waals surface area contributed by atoms with Crippen LogP contribution in [0, 0.1) is 5.92 Å². The lowest BCUT2D eigenvalue weighted by atomic mass is 9.89. The number of nitrogens with one attached hydrogen (secondary N) is 2. The molecule has 2 N–H and O–H groups in total. The van der Waals surface area contributed by atoms with Crippen LogP contribution in [-0.4, -0.2) is 63.6 Å². The van der Waals surface area contributed by atoms with Gasteiger partial charge in [0.05, 0.1) is 12.0 Å². The molecule has 0 unspecified atom stereocenters. The lowest BCUT2D eigenvalue weighted by molar-refractivity contribution is -0.125. The Morgan fingerprint density at radius 3 is 2.31 bits per heavy atom. The molecule has 0 radical (unpaired) electrons. The van der Waals surface area contributed by atoms with Crippen LogP contribution in [0.25, 0.3) is 0 Å². The highest BCUT2D eigenvalue weighted by atomic mass is 32.2. The van der Waals surface area contributed by atoms with Gasteiger partial charge in [0.1, 0.15) is 11.8 Å². The fraction of sp³-hybridized carbons (Fsp3) is 0.440. The minimum absolute atomic E-state index is 0.0951. The first kappa shape index (κ1) is 25.8. The molecule has 2 aliphatic heterocycles. The van der Waals surface area contributed by atoms with E-state index in [4.69, 9.17) is 14.2 Å². The van der Waals surface area contributed by atoms with Crippen LogP contribution in [0.15, 0.2) is 47.4 Å². The van der Waals surface area contributed by atoms with E-state index in [-0.39, 0.29) is 42.6 Å². The summed E-state index contributed by atoms with van der Waals surface area (Å²) in [6.07, 6.45) is 0.847. The topological polar surface area (TPSA) is 123 Å². The highest BCUT2D eigenvalue weighted by Gasteiger charge is 2.36. The van der Waals surface area contributed by atoms with Gasteiger partial charge in [-0.2, -0.15) is 4.31 Å². The van der Waals surface area contributed by atoms with Crippen molar-refractivity contribution in [3.63, 3.8) is 0 Å². The molecular formula is C25H31N3O7S. The molecule has 0 bridgehead atoms.